The maximum Gasteiger partial charge on any atom is 0.150 e. The van der Waals surface area contributed by atoms with Crippen molar-refractivity contribution in [2.45, 2.75) is 71.2 Å². The zero-order chi connectivity index (χ0) is 23.9. The third-order valence-electron chi connectivity index (χ3n) is 6.90. The zero-order valence-corrected chi connectivity index (χ0v) is 20.5. The van der Waals surface area contributed by atoms with Gasteiger partial charge in [0.15, 0.2) is 0 Å². The van der Waals surface area contributed by atoms with Crippen LogP contribution in [0.15, 0.2) is 18.3 Å². The van der Waals surface area contributed by atoms with Crippen molar-refractivity contribution in [2.24, 2.45) is 0 Å². The largest absolute Gasteiger partial charge is 0.377 e. The van der Waals surface area contributed by atoms with Crippen LogP contribution in [0.25, 0.3) is 22.4 Å². The van der Waals surface area contributed by atoms with Gasteiger partial charge in [-0.05, 0) is 59.1 Å². The summed E-state index contributed by atoms with van der Waals surface area (Å²) < 4.78 is 15.4. The van der Waals surface area contributed by atoms with Crippen LogP contribution in [0.5, 0.6) is 0 Å². The smallest absolute Gasteiger partial charge is 0.150 e. The van der Waals surface area contributed by atoms with Crippen LogP contribution in [0.3, 0.4) is 0 Å². The molecule has 0 amide bonds. The molecule has 34 heavy (non-hydrogen) atoms. The number of aromatic nitrogens is 5. The molecule has 3 aromatic rings. The van der Waals surface area contributed by atoms with E-state index in [2.05, 4.69) is 30.9 Å². The molecular formula is C25H33N7O2. The number of anilines is 1. The van der Waals surface area contributed by atoms with Crippen LogP contribution >= 0.6 is 0 Å². The predicted octanol–water partition coefficient (Wildman–Crippen LogP) is 4.04. The van der Waals surface area contributed by atoms with E-state index in [0.717, 1.165) is 66.2 Å². The molecule has 9 heteroatoms. The Morgan fingerprint density at radius 1 is 1.24 bits per heavy atom. The topological polar surface area (TPSA) is 94.0 Å². The van der Waals surface area contributed by atoms with Gasteiger partial charge < -0.3 is 14.4 Å². The van der Waals surface area contributed by atoms with Crippen molar-refractivity contribution >= 4 is 16.9 Å². The van der Waals surface area contributed by atoms with Crippen molar-refractivity contribution in [1.82, 2.24) is 24.5 Å². The number of aryl methyl sites for hydroxylation is 1. The highest BCUT2D eigenvalue weighted by atomic mass is 16.5. The van der Waals surface area contributed by atoms with Gasteiger partial charge in [-0.3, -0.25) is 4.68 Å². The Bertz CT molecular complexity index is 1220. The normalized spacial score (nSPS) is 21.7. The van der Waals surface area contributed by atoms with Crippen molar-refractivity contribution in [3.05, 3.63) is 23.9 Å². The summed E-state index contributed by atoms with van der Waals surface area (Å²) in [6.45, 7) is 11.6. The molecule has 0 saturated carbocycles. The number of pyridine rings is 1. The molecule has 0 radical (unpaired) electrons. The van der Waals surface area contributed by atoms with E-state index >= 15 is 0 Å². The van der Waals surface area contributed by atoms with E-state index in [1.54, 1.807) is 0 Å². The fourth-order valence-electron chi connectivity index (χ4n) is 4.88. The molecule has 2 aliphatic heterocycles. The standard InChI is InChI=1S/C25H33N7O2/c1-5-31-24-18(25(3,4)16-26)14-20(30-11-13-33-15-17(30)2)27-23(24)22(29-31)19-9-10-32(28-19)21-8-6-7-12-34-21/h9-10,14,17,21H,5-8,11-13,15H2,1-4H3/t17-,21?/m1/s1. The molecule has 180 valence electrons. The number of nitriles is 1. The van der Waals surface area contributed by atoms with Gasteiger partial charge in [0.05, 0.1) is 36.3 Å². The van der Waals surface area contributed by atoms with Gasteiger partial charge in [-0.25, -0.2) is 9.67 Å². The Balaban J connectivity index is 1.69. The second-order valence-electron chi connectivity index (χ2n) is 9.75. The van der Waals surface area contributed by atoms with E-state index in [1.807, 2.05) is 35.5 Å². The molecule has 0 N–H and O–H groups in total. The number of rotatable bonds is 5. The minimum Gasteiger partial charge on any atom is -0.377 e. The molecule has 0 spiro atoms. The summed E-state index contributed by atoms with van der Waals surface area (Å²) in [5.74, 6) is 0.855. The van der Waals surface area contributed by atoms with Crippen LogP contribution in [0.2, 0.25) is 0 Å². The minimum atomic E-state index is -0.703. The molecule has 2 saturated heterocycles. The summed E-state index contributed by atoms with van der Waals surface area (Å²) in [5.41, 5.74) is 3.42. The van der Waals surface area contributed by atoms with Crippen molar-refractivity contribution in [2.75, 3.05) is 31.3 Å². The highest BCUT2D eigenvalue weighted by Crippen LogP contribution is 2.37. The molecular weight excluding hydrogens is 430 g/mol. The third-order valence-corrected chi connectivity index (χ3v) is 6.90. The summed E-state index contributed by atoms with van der Waals surface area (Å²) in [6, 6.07) is 6.74. The Morgan fingerprint density at radius 3 is 2.79 bits per heavy atom. The van der Waals surface area contributed by atoms with Crippen LogP contribution in [0.4, 0.5) is 5.82 Å². The van der Waals surface area contributed by atoms with Crippen LogP contribution < -0.4 is 4.90 Å². The Hall–Kier alpha value is -2.96. The van der Waals surface area contributed by atoms with Crippen LogP contribution in [-0.4, -0.2) is 57.0 Å². The first-order chi connectivity index (χ1) is 16.4. The fraction of sp³-hybridized carbons (Fsp3) is 0.600. The first-order valence-corrected chi connectivity index (χ1v) is 12.3. The van der Waals surface area contributed by atoms with Gasteiger partial charge in [-0.15, -0.1) is 0 Å². The molecule has 3 aromatic heterocycles. The Morgan fingerprint density at radius 2 is 2.09 bits per heavy atom. The van der Waals surface area contributed by atoms with Crippen molar-refractivity contribution in [3.8, 4) is 17.5 Å². The van der Waals surface area contributed by atoms with E-state index < -0.39 is 5.41 Å². The summed E-state index contributed by atoms with van der Waals surface area (Å²) in [4.78, 5) is 7.39. The van der Waals surface area contributed by atoms with E-state index in [9.17, 15) is 5.26 Å². The Labute approximate surface area is 200 Å². The number of fused-ring (bicyclic) bond motifs is 1. The number of nitrogens with zero attached hydrogens (tertiary/aromatic N) is 7. The second kappa shape index (κ2) is 9.01. The lowest BCUT2D eigenvalue weighted by atomic mass is 9.85. The Kier molecular flexibility index (Phi) is 6.04. The highest BCUT2D eigenvalue weighted by Gasteiger charge is 2.31. The van der Waals surface area contributed by atoms with Crippen LogP contribution in [-0.2, 0) is 21.4 Å². The van der Waals surface area contributed by atoms with Gasteiger partial charge in [-0.1, -0.05) is 0 Å². The minimum absolute atomic E-state index is 0.0344. The molecule has 0 aliphatic carbocycles. The van der Waals surface area contributed by atoms with E-state index in [1.165, 1.54) is 0 Å². The van der Waals surface area contributed by atoms with Crippen molar-refractivity contribution in [1.29, 1.82) is 5.26 Å². The van der Waals surface area contributed by atoms with Gasteiger partial charge in [0.25, 0.3) is 0 Å². The van der Waals surface area contributed by atoms with Crippen LogP contribution in [0.1, 0.15) is 58.7 Å². The molecule has 1 unspecified atom stereocenters. The van der Waals surface area contributed by atoms with E-state index in [4.69, 9.17) is 24.7 Å². The number of ether oxygens (including phenoxy) is 2. The summed E-state index contributed by atoms with van der Waals surface area (Å²) in [7, 11) is 0. The van der Waals surface area contributed by atoms with E-state index in [-0.39, 0.29) is 12.3 Å². The molecule has 5 heterocycles. The fourth-order valence-corrected chi connectivity index (χ4v) is 4.88. The maximum absolute atomic E-state index is 10.0. The van der Waals surface area contributed by atoms with Crippen LogP contribution in [0, 0.1) is 11.3 Å². The van der Waals surface area contributed by atoms with Gasteiger partial charge >= 0.3 is 0 Å². The van der Waals surface area contributed by atoms with E-state index in [0.29, 0.717) is 19.8 Å². The quantitative estimate of drug-likeness (QED) is 0.564. The lowest BCUT2D eigenvalue weighted by Gasteiger charge is -2.35. The molecule has 0 bridgehead atoms. The molecule has 5 rings (SSSR count). The molecule has 0 aromatic carbocycles. The molecule has 2 aliphatic rings. The SMILES string of the molecule is CCn1nc(-c2ccn(C3CCCCO3)n2)c2nc(N3CCOC[C@H]3C)cc(C(C)(C)C#N)c21. The van der Waals surface area contributed by atoms with Gasteiger partial charge in [0.2, 0.25) is 0 Å². The lowest BCUT2D eigenvalue weighted by Crippen LogP contribution is -2.44. The average molecular weight is 464 g/mol. The summed E-state index contributed by atoms with van der Waals surface area (Å²) >= 11 is 0. The highest BCUT2D eigenvalue weighted by molar-refractivity contribution is 5.93. The third kappa shape index (κ3) is 3.95. The summed E-state index contributed by atoms with van der Waals surface area (Å²) in [6.07, 6.45) is 5.13. The maximum atomic E-state index is 10.0. The first-order valence-electron chi connectivity index (χ1n) is 12.3. The van der Waals surface area contributed by atoms with Gasteiger partial charge in [0, 0.05) is 31.5 Å². The average Bonchev–Trinajstić information content (AvgIpc) is 3.49. The zero-order valence-electron chi connectivity index (χ0n) is 20.5. The van der Waals surface area contributed by atoms with Gasteiger partial charge in [0.1, 0.15) is 29.0 Å². The summed E-state index contributed by atoms with van der Waals surface area (Å²) in [5, 5.41) is 19.8. The number of hydrogen-bond acceptors (Lipinski definition) is 7. The molecule has 2 fully saturated rings. The lowest BCUT2D eigenvalue weighted by molar-refractivity contribution is -0.0393. The van der Waals surface area contributed by atoms with Gasteiger partial charge in [-0.2, -0.15) is 15.5 Å². The number of hydrogen-bond donors (Lipinski definition) is 0. The first kappa shape index (κ1) is 22.8. The predicted molar refractivity (Wildman–Crippen MR) is 130 cm³/mol. The van der Waals surface area contributed by atoms with Crippen molar-refractivity contribution < 1.29 is 9.47 Å². The molecule has 9 nitrogen and oxygen atoms in total. The molecule has 2 atom stereocenters. The number of morpholine rings is 1. The second-order valence-corrected chi connectivity index (χ2v) is 9.75. The monoisotopic (exact) mass is 463 g/mol. The van der Waals surface area contributed by atoms with Crippen molar-refractivity contribution in [3.63, 3.8) is 0 Å².